The highest BCUT2D eigenvalue weighted by Crippen LogP contribution is 2.25. The van der Waals surface area contributed by atoms with Gasteiger partial charge in [0.25, 0.3) is 0 Å². The number of hydrogen-bond acceptors (Lipinski definition) is 2. The Labute approximate surface area is 134 Å². The summed E-state index contributed by atoms with van der Waals surface area (Å²) < 4.78 is 7.70. The van der Waals surface area contributed by atoms with Crippen LogP contribution in [0.4, 0.5) is 0 Å². The molecule has 3 rings (SSSR count). The van der Waals surface area contributed by atoms with Crippen LogP contribution in [0.15, 0.2) is 36.5 Å². The van der Waals surface area contributed by atoms with Gasteiger partial charge < -0.3 is 14.6 Å². The van der Waals surface area contributed by atoms with Gasteiger partial charge in [0.15, 0.2) is 0 Å². The summed E-state index contributed by atoms with van der Waals surface area (Å²) in [7, 11) is 0. The lowest BCUT2D eigenvalue weighted by molar-refractivity contribution is 0.110. The summed E-state index contributed by atoms with van der Waals surface area (Å²) in [5.74, 6) is 0. The highest BCUT2D eigenvalue weighted by atomic mass is 35.5. The number of rotatable bonds is 5. The Balaban J connectivity index is 1.68. The van der Waals surface area contributed by atoms with Crippen LogP contribution >= 0.6 is 23.2 Å². The number of hydrogen-bond donors (Lipinski definition) is 1. The van der Waals surface area contributed by atoms with Gasteiger partial charge in [-0.15, -0.1) is 0 Å². The highest BCUT2D eigenvalue weighted by molar-refractivity contribution is 6.35. The molecule has 0 amide bonds. The average Bonchev–Trinajstić information content (AvgIpc) is 3.11. The Kier molecular flexibility index (Phi) is 4.86. The zero-order valence-electron chi connectivity index (χ0n) is 11.7. The van der Waals surface area contributed by atoms with Crippen molar-refractivity contribution in [2.75, 3.05) is 13.2 Å². The first-order valence-electron chi connectivity index (χ1n) is 7.18. The minimum Gasteiger partial charge on any atom is -0.377 e. The molecule has 1 aliphatic rings. The lowest BCUT2D eigenvalue weighted by Crippen LogP contribution is -2.26. The summed E-state index contributed by atoms with van der Waals surface area (Å²) in [4.78, 5) is 0. The van der Waals surface area contributed by atoms with Crippen LogP contribution in [0.1, 0.15) is 18.5 Å². The number of ether oxygens (including phenoxy) is 1. The molecule has 5 heteroatoms. The third kappa shape index (κ3) is 3.61. The predicted octanol–water partition coefficient (Wildman–Crippen LogP) is 4.05. The number of nitrogens with one attached hydrogen (secondary N) is 1. The minimum absolute atomic E-state index is 0.354. The molecule has 2 heterocycles. The van der Waals surface area contributed by atoms with Gasteiger partial charge in [-0.3, -0.25) is 0 Å². The smallest absolute Gasteiger partial charge is 0.0700 e. The highest BCUT2D eigenvalue weighted by Gasteiger charge is 2.15. The van der Waals surface area contributed by atoms with Crippen molar-refractivity contribution < 1.29 is 4.74 Å². The van der Waals surface area contributed by atoms with Gasteiger partial charge in [-0.2, -0.15) is 0 Å². The lowest BCUT2D eigenvalue weighted by atomic mass is 10.2. The fraction of sp³-hybridized carbons (Fsp3) is 0.375. The number of nitrogens with zero attached hydrogens (tertiary/aromatic N) is 1. The molecule has 0 bridgehead atoms. The maximum atomic E-state index is 6.28. The molecule has 1 atom stereocenters. The van der Waals surface area contributed by atoms with E-state index >= 15 is 0 Å². The Morgan fingerprint density at radius 1 is 1.29 bits per heavy atom. The molecule has 112 valence electrons. The van der Waals surface area contributed by atoms with E-state index in [0.29, 0.717) is 16.1 Å². The van der Waals surface area contributed by atoms with Crippen LogP contribution in [0.2, 0.25) is 10.0 Å². The van der Waals surface area contributed by atoms with Crippen molar-refractivity contribution in [3.63, 3.8) is 0 Å². The first-order valence-corrected chi connectivity index (χ1v) is 7.93. The predicted molar refractivity (Wildman–Crippen MR) is 86.5 cm³/mol. The standard InChI is InChI=1S/C16H18Cl2N2O/c17-12-5-6-16(15(18)9-12)20-7-1-3-13(20)10-19-11-14-4-2-8-21-14/h1,3,5-7,9,14,19H,2,4,8,10-11H2. The van der Waals surface area contributed by atoms with Crippen LogP contribution in [0.3, 0.4) is 0 Å². The maximum Gasteiger partial charge on any atom is 0.0700 e. The molecule has 1 N–H and O–H groups in total. The molecular weight excluding hydrogens is 307 g/mol. The average molecular weight is 325 g/mol. The van der Waals surface area contributed by atoms with Crippen molar-refractivity contribution in [2.45, 2.75) is 25.5 Å². The van der Waals surface area contributed by atoms with Crippen LogP contribution in [-0.2, 0) is 11.3 Å². The monoisotopic (exact) mass is 324 g/mol. The fourth-order valence-corrected chi connectivity index (χ4v) is 3.14. The summed E-state index contributed by atoms with van der Waals surface area (Å²) in [5.41, 5.74) is 2.11. The van der Waals surface area contributed by atoms with Gasteiger partial charge in [0.2, 0.25) is 0 Å². The van der Waals surface area contributed by atoms with Gasteiger partial charge in [-0.1, -0.05) is 23.2 Å². The SMILES string of the molecule is Clc1ccc(-n2cccc2CNCC2CCCO2)c(Cl)c1. The van der Waals surface area contributed by atoms with E-state index in [4.69, 9.17) is 27.9 Å². The van der Waals surface area contributed by atoms with Crippen molar-refractivity contribution in [3.05, 3.63) is 52.3 Å². The van der Waals surface area contributed by atoms with Crippen LogP contribution in [0, 0.1) is 0 Å². The van der Waals surface area contributed by atoms with E-state index in [1.165, 1.54) is 6.42 Å². The first kappa shape index (κ1) is 14.9. The first-order chi connectivity index (χ1) is 10.2. The Bertz CT molecular complexity index is 606. The second-order valence-corrected chi connectivity index (χ2v) is 6.07. The zero-order valence-corrected chi connectivity index (χ0v) is 13.2. The van der Waals surface area contributed by atoms with Crippen LogP contribution in [-0.4, -0.2) is 23.8 Å². The Morgan fingerprint density at radius 2 is 2.19 bits per heavy atom. The van der Waals surface area contributed by atoms with Gasteiger partial charge in [-0.05, 0) is 43.2 Å². The summed E-state index contributed by atoms with van der Waals surface area (Å²) in [5, 5.41) is 4.75. The van der Waals surface area contributed by atoms with E-state index in [2.05, 4.69) is 16.0 Å². The van der Waals surface area contributed by atoms with E-state index in [9.17, 15) is 0 Å². The third-order valence-corrected chi connectivity index (χ3v) is 4.24. The van der Waals surface area contributed by atoms with Crippen molar-refractivity contribution in [1.29, 1.82) is 0 Å². The Morgan fingerprint density at radius 3 is 2.95 bits per heavy atom. The molecule has 1 aromatic carbocycles. The van der Waals surface area contributed by atoms with Gasteiger partial charge >= 0.3 is 0 Å². The van der Waals surface area contributed by atoms with Crippen molar-refractivity contribution in [1.82, 2.24) is 9.88 Å². The van der Waals surface area contributed by atoms with Crippen LogP contribution in [0.25, 0.3) is 5.69 Å². The van der Waals surface area contributed by atoms with E-state index < -0.39 is 0 Å². The molecule has 0 spiro atoms. The molecule has 0 radical (unpaired) electrons. The zero-order chi connectivity index (χ0) is 14.7. The number of benzene rings is 1. The topological polar surface area (TPSA) is 26.2 Å². The van der Waals surface area contributed by atoms with E-state index in [1.807, 2.05) is 24.4 Å². The quantitative estimate of drug-likeness (QED) is 0.897. The van der Waals surface area contributed by atoms with E-state index in [-0.39, 0.29) is 0 Å². The van der Waals surface area contributed by atoms with Gasteiger partial charge in [0.05, 0.1) is 16.8 Å². The second kappa shape index (κ2) is 6.84. The number of aromatic nitrogens is 1. The summed E-state index contributed by atoms with van der Waals surface area (Å²) >= 11 is 12.2. The molecule has 0 aliphatic carbocycles. The largest absolute Gasteiger partial charge is 0.377 e. The van der Waals surface area contributed by atoms with Crippen molar-refractivity contribution in [3.8, 4) is 5.69 Å². The molecule has 3 nitrogen and oxygen atoms in total. The summed E-state index contributed by atoms with van der Waals surface area (Å²) in [6, 6.07) is 9.67. The molecule has 1 unspecified atom stereocenters. The van der Waals surface area contributed by atoms with Gasteiger partial charge in [-0.25, -0.2) is 0 Å². The second-order valence-electron chi connectivity index (χ2n) is 5.23. The summed E-state index contributed by atoms with van der Waals surface area (Å²) in [6.07, 6.45) is 4.69. The molecular formula is C16H18Cl2N2O. The molecule has 2 aromatic rings. The normalized spacial score (nSPS) is 18.3. The molecule has 1 fully saturated rings. The van der Waals surface area contributed by atoms with Crippen molar-refractivity contribution >= 4 is 23.2 Å². The summed E-state index contributed by atoms with van der Waals surface area (Å²) in [6.45, 7) is 2.56. The molecule has 1 aromatic heterocycles. The lowest BCUT2D eigenvalue weighted by Gasteiger charge is -2.14. The van der Waals surface area contributed by atoms with Crippen LogP contribution in [0.5, 0.6) is 0 Å². The third-order valence-electron chi connectivity index (χ3n) is 3.70. The minimum atomic E-state index is 0.354. The van der Waals surface area contributed by atoms with Crippen molar-refractivity contribution in [2.24, 2.45) is 0 Å². The van der Waals surface area contributed by atoms with Gasteiger partial charge in [0, 0.05) is 36.6 Å². The van der Waals surface area contributed by atoms with Gasteiger partial charge in [0.1, 0.15) is 0 Å². The molecule has 1 saturated heterocycles. The van der Waals surface area contributed by atoms with Crippen LogP contribution < -0.4 is 5.32 Å². The maximum absolute atomic E-state index is 6.28. The molecule has 1 aliphatic heterocycles. The molecule has 0 saturated carbocycles. The molecule has 21 heavy (non-hydrogen) atoms. The fourth-order valence-electron chi connectivity index (χ4n) is 2.64. The van der Waals surface area contributed by atoms with E-state index in [0.717, 1.165) is 37.5 Å². The van der Waals surface area contributed by atoms with E-state index in [1.54, 1.807) is 6.07 Å². The Hall–Kier alpha value is -1.00. The number of halogens is 2.